The highest BCUT2D eigenvalue weighted by molar-refractivity contribution is 8.00. The van der Waals surface area contributed by atoms with E-state index in [1.807, 2.05) is 30.3 Å². The highest BCUT2D eigenvalue weighted by Gasteiger charge is 2.18. The molecule has 1 aromatic rings. The predicted molar refractivity (Wildman–Crippen MR) is 70.6 cm³/mol. The molecule has 1 aliphatic heterocycles. The molecule has 0 spiro atoms. The van der Waals surface area contributed by atoms with E-state index in [4.69, 9.17) is 0 Å². The minimum absolute atomic E-state index is 0.0882. The SMILES string of the molecule is O=C(CSC1NNCC(=O)N1)Nc1ccccc1. The fourth-order valence-corrected chi connectivity index (χ4v) is 2.19. The minimum Gasteiger partial charge on any atom is -0.330 e. The Morgan fingerprint density at radius 2 is 2.17 bits per heavy atom. The quantitative estimate of drug-likeness (QED) is 0.610. The number of carbonyl (C=O) groups is 2. The van der Waals surface area contributed by atoms with Gasteiger partial charge in [-0.25, -0.2) is 10.9 Å². The molecule has 1 saturated heterocycles. The second kappa shape index (κ2) is 6.39. The Balaban J connectivity index is 1.73. The Morgan fingerprint density at radius 3 is 2.89 bits per heavy atom. The normalized spacial score (nSPS) is 19.1. The molecule has 1 fully saturated rings. The summed E-state index contributed by atoms with van der Waals surface area (Å²) in [5, 5.41) is 5.48. The molecule has 0 bridgehead atoms. The molecule has 1 aromatic carbocycles. The van der Waals surface area contributed by atoms with Crippen LogP contribution in [-0.2, 0) is 9.59 Å². The summed E-state index contributed by atoms with van der Waals surface area (Å²) >= 11 is 1.31. The second-order valence-corrected chi connectivity index (χ2v) is 4.76. The Morgan fingerprint density at radius 1 is 1.39 bits per heavy atom. The molecule has 0 aliphatic carbocycles. The number of anilines is 1. The van der Waals surface area contributed by atoms with Crippen molar-refractivity contribution < 1.29 is 9.59 Å². The zero-order chi connectivity index (χ0) is 12.8. The third-order valence-electron chi connectivity index (χ3n) is 2.21. The molecule has 1 unspecified atom stereocenters. The number of hydrogen-bond acceptors (Lipinski definition) is 5. The van der Waals surface area contributed by atoms with Crippen LogP contribution in [0.5, 0.6) is 0 Å². The lowest BCUT2D eigenvalue weighted by Gasteiger charge is -2.24. The van der Waals surface area contributed by atoms with Gasteiger partial charge < -0.3 is 10.6 Å². The van der Waals surface area contributed by atoms with Crippen LogP contribution in [0, 0.1) is 0 Å². The molecule has 1 heterocycles. The summed E-state index contributed by atoms with van der Waals surface area (Å²) in [6.45, 7) is 0.243. The smallest absolute Gasteiger partial charge is 0.237 e. The number of amides is 2. The van der Waals surface area contributed by atoms with Gasteiger partial charge in [0.1, 0.15) is 5.50 Å². The highest BCUT2D eigenvalue weighted by atomic mass is 32.2. The number of carbonyl (C=O) groups excluding carboxylic acids is 2. The van der Waals surface area contributed by atoms with E-state index < -0.39 is 0 Å². The van der Waals surface area contributed by atoms with Crippen LogP contribution < -0.4 is 21.5 Å². The molecule has 7 heteroatoms. The lowest BCUT2D eigenvalue weighted by Crippen LogP contribution is -2.58. The first-order valence-corrected chi connectivity index (χ1v) is 6.53. The summed E-state index contributed by atoms with van der Waals surface area (Å²) < 4.78 is 0. The fourth-order valence-electron chi connectivity index (χ4n) is 1.42. The highest BCUT2D eigenvalue weighted by Crippen LogP contribution is 2.09. The van der Waals surface area contributed by atoms with Crippen LogP contribution in [0.2, 0.25) is 0 Å². The van der Waals surface area contributed by atoms with Crippen LogP contribution in [0.4, 0.5) is 5.69 Å². The molecule has 18 heavy (non-hydrogen) atoms. The van der Waals surface area contributed by atoms with Crippen molar-refractivity contribution in [1.82, 2.24) is 16.2 Å². The van der Waals surface area contributed by atoms with Crippen LogP contribution in [-0.4, -0.2) is 29.6 Å². The van der Waals surface area contributed by atoms with Gasteiger partial charge in [0.15, 0.2) is 0 Å². The van der Waals surface area contributed by atoms with Crippen molar-refractivity contribution in [3.63, 3.8) is 0 Å². The second-order valence-electron chi connectivity index (χ2n) is 3.67. The Kier molecular flexibility index (Phi) is 4.57. The van der Waals surface area contributed by atoms with Crippen LogP contribution in [0.1, 0.15) is 0 Å². The Hall–Kier alpha value is -1.57. The topological polar surface area (TPSA) is 82.3 Å². The summed E-state index contributed by atoms with van der Waals surface area (Å²) in [5.41, 5.74) is 6.09. The number of thioether (sulfide) groups is 1. The largest absolute Gasteiger partial charge is 0.330 e. The number of para-hydroxylation sites is 1. The van der Waals surface area contributed by atoms with Crippen molar-refractivity contribution in [3.05, 3.63) is 30.3 Å². The number of benzene rings is 1. The molecule has 2 amide bonds. The molecule has 0 aromatic heterocycles. The average Bonchev–Trinajstić information content (AvgIpc) is 2.38. The number of rotatable bonds is 4. The van der Waals surface area contributed by atoms with E-state index in [-0.39, 0.29) is 29.6 Å². The van der Waals surface area contributed by atoms with E-state index >= 15 is 0 Å². The van der Waals surface area contributed by atoms with Crippen molar-refractivity contribution in [1.29, 1.82) is 0 Å². The van der Waals surface area contributed by atoms with E-state index in [9.17, 15) is 9.59 Å². The van der Waals surface area contributed by atoms with Crippen LogP contribution in [0.15, 0.2) is 30.3 Å². The monoisotopic (exact) mass is 266 g/mol. The Bertz CT molecular complexity index is 426. The molecule has 0 radical (unpaired) electrons. The van der Waals surface area contributed by atoms with Gasteiger partial charge in [0.25, 0.3) is 0 Å². The molecular weight excluding hydrogens is 252 g/mol. The van der Waals surface area contributed by atoms with Gasteiger partial charge in [-0.2, -0.15) is 0 Å². The maximum Gasteiger partial charge on any atom is 0.237 e. The van der Waals surface area contributed by atoms with Crippen LogP contribution in [0.3, 0.4) is 0 Å². The minimum atomic E-state index is -0.284. The molecule has 1 aliphatic rings. The molecule has 0 saturated carbocycles. The van der Waals surface area contributed by atoms with E-state index in [1.54, 1.807) is 0 Å². The lowest BCUT2D eigenvalue weighted by atomic mass is 10.3. The van der Waals surface area contributed by atoms with Gasteiger partial charge in [-0.3, -0.25) is 9.59 Å². The standard InChI is InChI=1S/C11H14N4O2S/c16-9-6-12-15-11(14-9)18-7-10(17)13-8-4-2-1-3-5-8/h1-5,11-12,15H,6-7H2,(H,13,17)(H,14,16). The summed E-state index contributed by atoms with van der Waals surface area (Å²) in [4.78, 5) is 22.7. The fraction of sp³-hybridized carbons (Fsp3) is 0.273. The maximum absolute atomic E-state index is 11.6. The van der Waals surface area contributed by atoms with Crippen LogP contribution in [0.25, 0.3) is 0 Å². The van der Waals surface area contributed by atoms with Gasteiger partial charge >= 0.3 is 0 Å². The third-order valence-corrected chi connectivity index (χ3v) is 3.21. The van der Waals surface area contributed by atoms with Gasteiger partial charge in [0, 0.05) is 5.69 Å². The number of nitrogens with one attached hydrogen (secondary N) is 4. The molecular formula is C11H14N4O2S. The van der Waals surface area contributed by atoms with E-state index in [0.29, 0.717) is 0 Å². The maximum atomic E-state index is 11.6. The molecule has 96 valence electrons. The van der Waals surface area contributed by atoms with E-state index in [1.165, 1.54) is 11.8 Å². The van der Waals surface area contributed by atoms with Crippen molar-refractivity contribution >= 4 is 29.3 Å². The molecule has 2 rings (SSSR count). The molecule has 1 atom stereocenters. The first kappa shape index (κ1) is 12.9. The van der Waals surface area contributed by atoms with Gasteiger partial charge in [0.05, 0.1) is 12.3 Å². The number of hydrazine groups is 1. The van der Waals surface area contributed by atoms with Gasteiger partial charge in [-0.15, -0.1) is 11.8 Å². The van der Waals surface area contributed by atoms with Gasteiger partial charge in [0.2, 0.25) is 11.8 Å². The number of hydrogen-bond donors (Lipinski definition) is 4. The Labute approximate surface area is 109 Å². The predicted octanol–water partition coefficient (Wildman–Crippen LogP) is -0.134. The van der Waals surface area contributed by atoms with E-state index in [2.05, 4.69) is 21.5 Å². The average molecular weight is 266 g/mol. The van der Waals surface area contributed by atoms with Crippen molar-refractivity contribution in [2.24, 2.45) is 0 Å². The molecule has 6 nitrogen and oxygen atoms in total. The van der Waals surface area contributed by atoms with Gasteiger partial charge in [-0.1, -0.05) is 18.2 Å². The summed E-state index contributed by atoms with van der Waals surface area (Å²) in [6, 6.07) is 9.25. The van der Waals surface area contributed by atoms with Crippen molar-refractivity contribution in [2.75, 3.05) is 17.6 Å². The summed E-state index contributed by atoms with van der Waals surface area (Å²) in [6.07, 6.45) is 0. The van der Waals surface area contributed by atoms with Gasteiger partial charge in [-0.05, 0) is 12.1 Å². The van der Waals surface area contributed by atoms with Crippen LogP contribution >= 0.6 is 11.8 Å². The molecule has 4 N–H and O–H groups in total. The summed E-state index contributed by atoms with van der Waals surface area (Å²) in [7, 11) is 0. The zero-order valence-electron chi connectivity index (χ0n) is 9.60. The summed E-state index contributed by atoms with van der Waals surface area (Å²) in [5.74, 6) is 0.0664. The lowest BCUT2D eigenvalue weighted by molar-refractivity contribution is -0.122. The first-order chi connectivity index (χ1) is 8.74. The van der Waals surface area contributed by atoms with Crippen molar-refractivity contribution in [3.8, 4) is 0 Å². The third kappa shape index (κ3) is 4.02. The van der Waals surface area contributed by atoms with Crippen molar-refractivity contribution in [2.45, 2.75) is 5.50 Å². The first-order valence-electron chi connectivity index (χ1n) is 5.48. The zero-order valence-corrected chi connectivity index (χ0v) is 10.4. The van der Waals surface area contributed by atoms with E-state index in [0.717, 1.165) is 5.69 Å².